The van der Waals surface area contributed by atoms with E-state index in [9.17, 15) is 9.59 Å². The van der Waals surface area contributed by atoms with E-state index in [-0.39, 0.29) is 22.9 Å². The van der Waals surface area contributed by atoms with E-state index in [1.165, 1.54) is 12.7 Å². The molecule has 0 radical (unpaired) electrons. The summed E-state index contributed by atoms with van der Waals surface area (Å²) in [5.74, 6) is 0.468. The molecule has 4 aromatic rings. The molecule has 1 atom stereocenters. The third-order valence-corrected chi connectivity index (χ3v) is 14.5. The summed E-state index contributed by atoms with van der Waals surface area (Å²) in [7, 11) is -0.887. The lowest BCUT2D eigenvalue weighted by Crippen LogP contribution is -2.50. The fourth-order valence-electron chi connectivity index (χ4n) is 6.72. The Morgan fingerprint density at radius 2 is 1.70 bits per heavy atom. The van der Waals surface area contributed by atoms with Gasteiger partial charge in [-0.15, -0.1) is 0 Å². The van der Waals surface area contributed by atoms with Crippen LogP contribution in [0.25, 0.3) is 22.6 Å². The number of methoxy groups -OCH3 is 1. The summed E-state index contributed by atoms with van der Waals surface area (Å²) in [6.45, 7) is 13.5. The minimum atomic E-state index is -2.19. The van der Waals surface area contributed by atoms with Gasteiger partial charge in [0.15, 0.2) is 17.2 Å². The van der Waals surface area contributed by atoms with Crippen molar-refractivity contribution in [1.29, 1.82) is 0 Å². The van der Waals surface area contributed by atoms with E-state index in [1.807, 2.05) is 36.4 Å². The van der Waals surface area contributed by atoms with Gasteiger partial charge in [-0.1, -0.05) is 77.9 Å². The second-order valence-corrected chi connectivity index (χ2v) is 17.0. The average Bonchev–Trinajstić information content (AvgIpc) is 3.49. The number of aromatic nitrogens is 4. The zero-order valence-corrected chi connectivity index (χ0v) is 25.3. The number of carbonyl (C=O) groups excluding carboxylic acids is 1. The van der Waals surface area contributed by atoms with Crippen LogP contribution in [0.3, 0.4) is 0 Å². The van der Waals surface area contributed by atoms with Gasteiger partial charge >= 0.3 is 11.7 Å². The molecule has 1 aliphatic rings. The smallest absolute Gasteiger partial charge is 0.359 e. The molecule has 5 rings (SSSR count). The molecule has 8 nitrogen and oxygen atoms in total. The van der Waals surface area contributed by atoms with Crippen molar-refractivity contribution >= 4 is 25.5 Å². The van der Waals surface area contributed by atoms with Crippen molar-refractivity contribution in [2.45, 2.75) is 77.0 Å². The van der Waals surface area contributed by atoms with Crippen molar-refractivity contribution in [2.24, 2.45) is 0 Å². The molecule has 2 heterocycles. The van der Waals surface area contributed by atoms with E-state index in [0.717, 1.165) is 24.2 Å². The second kappa shape index (κ2) is 10.7. The van der Waals surface area contributed by atoms with Crippen LogP contribution in [0.15, 0.2) is 53.3 Å². The molecule has 2 aromatic carbocycles. The Labute approximate surface area is 235 Å². The van der Waals surface area contributed by atoms with Gasteiger partial charge in [0.1, 0.15) is 11.3 Å². The molecular weight excluding hydrogens is 520 g/mol. The maximum Gasteiger partial charge on any atom is 0.359 e. The van der Waals surface area contributed by atoms with E-state index in [0.29, 0.717) is 33.7 Å². The van der Waals surface area contributed by atoms with Gasteiger partial charge in [-0.2, -0.15) is 0 Å². The number of benzene rings is 2. The number of rotatable bonds is 8. The summed E-state index contributed by atoms with van der Waals surface area (Å²) in [5, 5.41) is 0. The number of aryl methyl sites for hydroxylation is 1. The molecule has 0 aliphatic heterocycles. The van der Waals surface area contributed by atoms with Crippen LogP contribution in [0.1, 0.15) is 75.6 Å². The van der Waals surface area contributed by atoms with Crippen molar-refractivity contribution in [2.75, 3.05) is 7.11 Å². The number of esters is 1. The number of hydrogen-bond donors (Lipinski definition) is 1. The van der Waals surface area contributed by atoms with Crippen LogP contribution in [-0.2, 0) is 11.2 Å². The maximum absolute atomic E-state index is 13.3. The van der Waals surface area contributed by atoms with Gasteiger partial charge < -0.3 is 14.1 Å². The number of aromatic amines is 1. The first-order valence-corrected chi connectivity index (χ1v) is 16.2. The van der Waals surface area contributed by atoms with Crippen molar-refractivity contribution < 1.29 is 14.0 Å². The summed E-state index contributed by atoms with van der Waals surface area (Å²) >= 11 is 0. The van der Waals surface area contributed by atoms with Crippen LogP contribution in [0, 0.1) is 0 Å². The second-order valence-electron chi connectivity index (χ2n) is 11.6. The van der Waals surface area contributed by atoms with Crippen molar-refractivity contribution in [1.82, 2.24) is 19.5 Å². The van der Waals surface area contributed by atoms with Crippen LogP contribution in [0.4, 0.5) is 0 Å². The quantitative estimate of drug-likeness (QED) is 0.192. The molecule has 40 heavy (non-hydrogen) atoms. The number of H-pyrrole nitrogens is 1. The molecule has 1 N–H and O–H groups in total. The molecule has 0 saturated heterocycles. The van der Waals surface area contributed by atoms with Crippen LogP contribution >= 0.6 is 0 Å². The number of hydrogen-bond acceptors (Lipinski definition) is 6. The van der Waals surface area contributed by atoms with E-state index >= 15 is 0 Å². The lowest BCUT2D eigenvalue weighted by Gasteiger charge is -2.42. The molecule has 0 bridgehead atoms. The van der Waals surface area contributed by atoms with Gasteiger partial charge in [0, 0.05) is 5.56 Å². The van der Waals surface area contributed by atoms with Crippen molar-refractivity contribution in [3.8, 4) is 17.1 Å². The highest BCUT2D eigenvalue weighted by Gasteiger charge is 2.47. The predicted molar refractivity (Wildman–Crippen MR) is 160 cm³/mol. The van der Waals surface area contributed by atoms with E-state index < -0.39 is 14.3 Å². The first-order valence-electron chi connectivity index (χ1n) is 14.1. The minimum Gasteiger partial charge on any atom is -0.543 e. The van der Waals surface area contributed by atoms with Gasteiger partial charge in [0.05, 0.1) is 13.2 Å². The number of fused-ring (bicyclic) bond motifs is 2. The molecular formula is C31H38N4O4Si. The van der Waals surface area contributed by atoms with Gasteiger partial charge in [0.2, 0.25) is 0 Å². The van der Waals surface area contributed by atoms with Gasteiger partial charge in [0.25, 0.3) is 8.32 Å². The summed E-state index contributed by atoms with van der Waals surface area (Å²) in [4.78, 5) is 38.5. The number of ether oxygens (including phenoxy) is 1. The molecule has 210 valence electrons. The van der Waals surface area contributed by atoms with Crippen molar-refractivity contribution in [3.63, 3.8) is 0 Å². The topological polar surface area (TPSA) is 99.1 Å². The summed E-state index contributed by atoms with van der Waals surface area (Å²) < 4.78 is 13.6. The summed E-state index contributed by atoms with van der Waals surface area (Å²) in [6.07, 6.45) is 1.64. The zero-order chi connectivity index (χ0) is 28.8. The number of carbonyl (C=O) groups is 1. The Morgan fingerprint density at radius 3 is 2.38 bits per heavy atom. The molecule has 0 spiro atoms. The van der Waals surface area contributed by atoms with Gasteiger partial charge in [-0.05, 0) is 52.7 Å². The summed E-state index contributed by atoms with van der Waals surface area (Å²) in [5.41, 5.74) is 4.64. The fraction of sp³-hybridized carbons (Fsp3) is 0.419. The lowest BCUT2D eigenvalue weighted by molar-refractivity contribution is 0.0596. The first kappa shape index (κ1) is 27.8. The normalized spacial score (nSPS) is 15.3. The molecule has 1 unspecified atom stereocenters. The Bertz CT molecular complexity index is 1600. The van der Waals surface area contributed by atoms with Crippen LogP contribution in [0.2, 0.25) is 16.6 Å². The zero-order valence-electron chi connectivity index (χ0n) is 24.3. The highest BCUT2D eigenvalue weighted by Crippen LogP contribution is 2.43. The van der Waals surface area contributed by atoms with Gasteiger partial charge in [-0.3, -0.25) is 4.57 Å². The monoisotopic (exact) mass is 558 g/mol. The Morgan fingerprint density at radius 1 is 1.00 bits per heavy atom. The molecule has 0 fully saturated rings. The SMILES string of the molecule is COC(=O)c1nc(-c2cccc(O[Si](C(C)C)(C(C)C)C(C)C)c2)nc2c1[nH]c(=O)n2C1CCc2ccccc21. The highest BCUT2D eigenvalue weighted by molar-refractivity contribution is 6.78. The summed E-state index contributed by atoms with van der Waals surface area (Å²) in [6, 6.07) is 15.7. The maximum atomic E-state index is 13.3. The third-order valence-electron chi connectivity index (χ3n) is 8.45. The molecule has 9 heteroatoms. The standard InChI is InChI=1S/C31H38N4O4Si/c1-18(2)40(19(3)4,20(5)6)39-23-13-10-12-22(17-23)28-32-27(30(36)38-7)26-29(34-28)35(31(37)33-26)25-16-15-21-11-8-9-14-24(21)25/h8-14,17-20,25H,15-16H2,1-7H3,(H,33,37). The molecule has 0 saturated carbocycles. The lowest BCUT2D eigenvalue weighted by atomic mass is 10.1. The number of imidazole rings is 1. The number of nitrogens with one attached hydrogen (secondary N) is 1. The largest absolute Gasteiger partial charge is 0.543 e. The van der Waals surface area contributed by atoms with Crippen LogP contribution < -0.4 is 10.1 Å². The van der Waals surface area contributed by atoms with E-state index in [2.05, 4.69) is 63.6 Å². The van der Waals surface area contributed by atoms with E-state index in [1.54, 1.807) is 4.57 Å². The minimum absolute atomic E-state index is 0.0335. The highest BCUT2D eigenvalue weighted by atomic mass is 28.4. The molecule has 1 aliphatic carbocycles. The average molecular weight is 559 g/mol. The van der Waals surface area contributed by atoms with Crippen LogP contribution in [-0.4, -0.2) is 40.9 Å². The first-order chi connectivity index (χ1) is 19.1. The number of nitrogens with zero attached hydrogens (tertiary/aromatic N) is 3. The Balaban J connectivity index is 1.66. The Kier molecular flexibility index (Phi) is 7.43. The Hall–Kier alpha value is -3.72. The molecule has 2 aromatic heterocycles. The molecule has 0 amide bonds. The predicted octanol–water partition coefficient (Wildman–Crippen LogP) is 6.66. The van der Waals surface area contributed by atoms with Gasteiger partial charge in [-0.25, -0.2) is 19.6 Å². The van der Waals surface area contributed by atoms with Crippen LogP contribution in [0.5, 0.6) is 5.75 Å². The van der Waals surface area contributed by atoms with E-state index in [4.69, 9.17) is 14.1 Å². The van der Waals surface area contributed by atoms with Crippen molar-refractivity contribution in [3.05, 3.63) is 75.8 Å². The fourth-order valence-corrected chi connectivity index (χ4v) is 12.0. The third kappa shape index (κ3) is 4.56.